The fraction of sp³-hybridized carbons (Fsp3) is 0.613. The summed E-state index contributed by atoms with van der Waals surface area (Å²) >= 11 is 0. The van der Waals surface area contributed by atoms with Crippen molar-refractivity contribution in [2.75, 3.05) is 0 Å². The van der Waals surface area contributed by atoms with Crippen LogP contribution in [0.3, 0.4) is 0 Å². The second-order valence-corrected chi connectivity index (χ2v) is 10.4. The van der Waals surface area contributed by atoms with Crippen molar-refractivity contribution in [2.45, 2.75) is 107 Å². The van der Waals surface area contributed by atoms with Crippen LogP contribution in [0, 0.1) is 17.3 Å². The lowest BCUT2D eigenvalue weighted by Crippen LogP contribution is -2.09. The molecule has 0 aromatic carbocycles. The molecular weight excluding hydrogens is 372 g/mol. The number of allylic oxidation sites excluding steroid dienone is 10. The van der Waals surface area contributed by atoms with E-state index < -0.39 is 0 Å². The van der Waals surface area contributed by atoms with Crippen LogP contribution in [0.25, 0.3) is 0 Å². The van der Waals surface area contributed by atoms with Gasteiger partial charge in [0.05, 0.1) is 0 Å². The van der Waals surface area contributed by atoms with E-state index >= 15 is 0 Å². The van der Waals surface area contributed by atoms with Gasteiger partial charge in [0.2, 0.25) is 0 Å². The second kappa shape index (κ2) is 16.1. The lowest BCUT2D eigenvalue weighted by Gasteiger charge is -2.22. The molecule has 3 atom stereocenters. The molecule has 0 heterocycles. The molecule has 2 unspecified atom stereocenters. The number of rotatable bonds is 16. The van der Waals surface area contributed by atoms with E-state index in [1.807, 2.05) is 0 Å². The average molecular weight is 425 g/mol. The monoisotopic (exact) mass is 424 g/mol. The highest BCUT2D eigenvalue weighted by atomic mass is 14.2. The Balaban J connectivity index is 4.47. The summed E-state index contributed by atoms with van der Waals surface area (Å²) in [5.41, 5.74) is 5.81. The molecule has 0 nitrogen and oxygen atoms in total. The predicted molar refractivity (Wildman–Crippen MR) is 144 cm³/mol. The minimum Gasteiger partial charge on any atom is -0.102 e. The van der Waals surface area contributed by atoms with Gasteiger partial charge < -0.3 is 0 Å². The Morgan fingerprint density at radius 1 is 0.839 bits per heavy atom. The van der Waals surface area contributed by atoms with Crippen molar-refractivity contribution in [3.63, 3.8) is 0 Å². The van der Waals surface area contributed by atoms with Crippen LogP contribution in [0.5, 0.6) is 0 Å². The summed E-state index contributed by atoms with van der Waals surface area (Å²) < 4.78 is 0. The van der Waals surface area contributed by atoms with Gasteiger partial charge in [0.25, 0.3) is 0 Å². The van der Waals surface area contributed by atoms with Gasteiger partial charge in [0, 0.05) is 5.41 Å². The summed E-state index contributed by atoms with van der Waals surface area (Å²) in [5, 5.41) is 0. The van der Waals surface area contributed by atoms with Gasteiger partial charge in [0.15, 0.2) is 0 Å². The van der Waals surface area contributed by atoms with Gasteiger partial charge in [-0.2, -0.15) is 0 Å². The number of hydrogen-bond acceptors (Lipinski definition) is 0. The third kappa shape index (κ3) is 15.8. The van der Waals surface area contributed by atoms with Gasteiger partial charge in [-0.3, -0.25) is 0 Å². The zero-order valence-electron chi connectivity index (χ0n) is 22.2. The molecular formula is C31H52. The van der Waals surface area contributed by atoms with Gasteiger partial charge in [-0.05, 0) is 97.8 Å². The van der Waals surface area contributed by atoms with E-state index in [1.165, 1.54) is 60.8 Å². The minimum absolute atomic E-state index is 0.0755. The van der Waals surface area contributed by atoms with Crippen molar-refractivity contribution >= 4 is 0 Å². The lowest BCUT2D eigenvalue weighted by atomic mass is 9.83. The first-order valence-corrected chi connectivity index (χ1v) is 12.4. The molecule has 176 valence electrons. The fourth-order valence-corrected chi connectivity index (χ4v) is 3.44. The Kier molecular flexibility index (Phi) is 15.3. The van der Waals surface area contributed by atoms with Crippen LogP contribution >= 0.6 is 0 Å². The molecule has 0 saturated heterocycles. The van der Waals surface area contributed by atoms with E-state index in [1.54, 1.807) is 0 Å². The normalized spacial score (nSPS) is 16.6. The largest absolute Gasteiger partial charge is 0.102 e. The van der Waals surface area contributed by atoms with Crippen molar-refractivity contribution in [3.05, 3.63) is 71.9 Å². The smallest absolute Gasteiger partial charge is 0.00330 e. The average Bonchev–Trinajstić information content (AvgIpc) is 2.70. The molecule has 0 radical (unpaired) electrons. The Morgan fingerprint density at radius 2 is 1.45 bits per heavy atom. The summed E-state index contributed by atoms with van der Waals surface area (Å²) in [6.07, 6.45) is 23.4. The topological polar surface area (TPSA) is 0 Å². The molecule has 0 aromatic heterocycles. The van der Waals surface area contributed by atoms with E-state index in [9.17, 15) is 0 Å². The number of hydrogen-bond donors (Lipinski definition) is 0. The zero-order valence-corrected chi connectivity index (χ0v) is 22.2. The summed E-state index contributed by atoms with van der Waals surface area (Å²) in [7, 11) is 0. The standard InChI is InChI=1S/C31H52/c1-11-31(10,23-14-19-28(7)20-21-30(9)26(4)5)24-22-29(8)18-13-17-27(6)16-12-15-25(2)3/h11,15,17,19,22,24,29-30H,1,4,12-14,16,18,20-21,23H2,2-3,5-10H3/b24-22+,27-17+,28-19+/t29-,30?,31?/m1/s1. The van der Waals surface area contributed by atoms with Crippen molar-refractivity contribution in [2.24, 2.45) is 17.3 Å². The fourth-order valence-electron chi connectivity index (χ4n) is 3.44. The maximum atomic E-state index is 4.12. The van der Waals surface area contributed by atoms with Gasteiger partial charge in [0.1, 0.15) is 0 Å². The van der Waals surface area contributed by atoms with Crippen LogP contribution in [-0.4, -0.2) is 0 Å². The maximum Gasteiger partial charge on any atom is 0.00330 e. The molecule has 0 spiro atoms. The SMILES string of the molecule is C=CC(C)(/C=C/[C@H](C)CC/C=C(\C)CCC=C(C)C)CC/C=C(\C)CCC(C)C(=C)C. The molecule has 0 aromatic rings. The Bertz CT molecular complexity index is 648. The predicted octanol–water partition coefficient (Wildman–Crippen LogP) is 10.6. The van der Waals surface area contributed by atoms with Crippen molar-refractivity contribution in [1.29, 1.82) is 0 Å². The zero-order chi connectivity index (χ0) is 23.9. The van der Waals surface area contributed by atoms with Crippen LogP contribution in [0.4, 0.5) is 0 Å². The molecule has 0 heteroatoms. The Morgan fingerprint density at radius 3 is 2.03 bits per heavy atom. The van der Waals surface area contributed by atoms with E-state index in [0.29, 0.717) is 11.8 Å². The Hall–Kier alpha value is -1.56. The van der Waals surface area contributed by atoms with E-state index in [2.05, 4.69) is 105 Å². The molecule has 0 amide bonds. The van der Waals surface area contributed by atoms with Crippen molar-refractivity contribution in [1.82, 2.24) is 0 Å². The van der Waals surface area contributed by atoms with Crippen LogP contribution in [-0.2, 0) is 0 Å². The van der Waals surface area contributed by atoms with Crippen LogP contribution < -0.4 is 0 Å². The molecule has 0 aliphatic heterocycles. The van der Waals surface area contributed by atoms with E-state index in [-0.39, 0.29) is 5.41 Å². The van der Waals surface area contributed by atoms with Gasteiger partial charge in [-0.1, -0.05) is 86.1 Å². The summed E-state index contributed by atoms with van der Waals surface area (Å²) in [6.45, 7) is 26.1. The van der Waals surface area contributed by atoms with Crippen molar-refractivity contribution < 1.29 is 0 Å². The van der Waals surface area contributed by atoms with Gasteiger partial charge >= 0.3 is 0 Å². The third-order valence-electron chi connectivity index (χ3n) is 6.47. The summed E-state index contributed by atoms with van der Waals surface area (Å²) in [5.74, 6) is 1.21. The maximum absolute atomic E-state index is 4.12. The first-order chi connectivity index (χ1) is 14.5. The Labute approximate surface area is 196 Å². The molecule has 0 fully saturated rings. The van der Waals surface area contributed by atoms with E-state index in [0.717, 1.165) is 12.8 Å². The second-order valence-electron chi connectivity index (χ2n) is 10.4. The molecule has 0 saturated carbocycles. The highest BCUT2D eigenvalue weighted by Crippen LogP contribution is 2.29. The summed E-state index contributed by atoms with van der Waals surface area (Å²) in [4.78, 5) is 0. The lowest BCUT2D eigenvalue weighted by molar-refractivity contribution is 0.498. The van der Waals surface area contributed by atoms with Gasteiger partial charge in [-0.25, -0.2) is 0 Å². The summed E-state index contributed by atoms with van der Waals surface area (Å²) in [6, 6.07) is 0. The van der Waals surface area contributed by atoms with Gasteiger partial charge in [-0.15, -0.1) is 6.58 Å². The molecule has 0 bridgehead atoms. The molecule has 31 heavy (non-hydrogen) atoms. The van der Waals surface area contributed by atoms with Crippen molar-refractivity contribution in [3.8, 4) is 0 Å². The minimum atomic E-state index is 0.0755. The third-order valence-corrected chi connectivity index (χ3v) is 6.47. The quantitative estimate of drug-likeness (QED) is 0.216. The first kappa shape index (κ1) is 29.4. The molecule has 0 aliphatic rings. The van der Waals surface area contributed by atoms with Crippen LogP contribution in [0.15, 0.2) is 71.9 Å². The van der Waals surface area contributed by atoms with Crippen LogP contribution in [0.1, 0.15) is 107 Å². The highest BCUT2D eigenvalue weighted by molar-refractivity contribution is 5.10. The van der Waals surface area contributed by atoms with E-state index in [4.69, 9.17) is 0 Å². The first-order valence-electron chi connectivity index (χ1n) is 12.4. The molecule has 0 N–H and O–H groups in total. The molecule has 0 rings (SSSR count). The highest BCUT2D eigenvalue weighted by Gasteiger charge is 2.15. The van der Waals surface area contributed by atoms with Crippen LogP contribution in [0.2, 0.25) is 0 Å². The molecule has 0 aliphatic carbocycles.